The first-order valence-electron chi connectivity index (χ1n) is 11.6. The van der Waals surface area contributed by atoms with Crippen LogP contribution in [0.1, 0.15) is 42.3 Å². The van der Waals surface area contributed by atoms with Crippen molar-refractivity contribution >= 4 is 17.5 Å². The molecule has 1 N–H and O–H groups in total. The first kappa shape index (κ1) is 21.4. The van der Waals surface area contributed by atoms with Crippen LogP contribution in [-0.4, -0.2) is 49.0 Å². The lowest BCUT2D eigenvalue weighted by Gasteiger charge is -2.32. The molecule has 2 aliphatic rings. The maximum Gasteiger partial charge on any atom is 0.322 e. The monoisotopic (exact) mass is 446 g/mol. The third kappa shape index (κ3) is 4.40. The molecule has 2 amide bonds. The fourth-order valence-electron chi connectivity index (χ4n) is 4.58. The maximum absolute atomic E-state index is 13.1. The molecule has 9 nitrogen and oxygen atoms in total. The average molecular weight is 447 g/mol. The van der Waals surface area contributed by atoms with Crippen LogP contribution in [0.2, 0.25) is 0 Å². The lowest BCUT2D eigenvalue weighted by Crippen LogP contribution is -2.41. The average Bonchev–Trinajstić information content (AvgIpc) is 3.20. The van der Waals surface area contributed by atoms with E-state index in [1.54, 1.807) is 0 Å². The Bertz CT molecular complexity index is 1150. The number of amides is 2. The Morgan fingerprint density at radius 1 is 1.03 bits per heavy atom. The molecule has 0 atom stereocenters. The number of carbonyl (C=O) groups is 1. The Kier molecular flexibility index (Phi) is 5.70. The van der Waals surface area contributed by atoms with Gasteiger partial charge < -0.3 is 19.7 Å². The molecule has 0 radical (unpaired) electrons. The van der Waals surface area contributed by atoms with Gasteiger partial charge in [0.05, 0.1) is 12.2 Å². The molecule has 2 aromatic heterocycles. The second-order valence-corrected chi connectivity index (χ2v) is 9.28. The van der Waals surface area contributed by atoms with Crippen molar-refractivity contribution in [3.05, 3.63) is 58.8 Å². The number of carbonyl (C=O) groups excluding carboxylic acids is 1. The number of benzene rings is 1. The maximum atomic E-state index is 13.1. The van der Waals surface area contributed by atoms with E-state index >= 15 is 0 Å². The number of hydrogen-bond acceptors (Lipinski definition) is 6. The summed E-state index contributed by atoms with van der Waals surface area (Å²) in [4.78, 5) is 17.1. The summed E-state index contributed by atoms with van der Waals surface area (Å²) in [5.41, 5.74) is 4.20. The van der Waals surface area contributed by atoms with Crippen molar-refractivity contribution in [1.82, 2.24) is 29.9 Å². The van der Waals surface area contributed by atoms with Crippen molar-refractivity contribution in [2.24, 2.45) is 5.92 Å². The molecule has 0 saturated carbocycles. The summed E-state index contributed by atoms with van der Waals surface area (Å²) in [5.74, 6) is 3.28. The smallest absolute Gasteiger partial charge is 0.322 e. The zero-order valence-corrected chi connectivity index (χ0v) is 19.5. The summed E-state index contributed by atoms with van der Waals surface area (Å²) in [7, 11) is 0. The van der Waals surface area contributed by atoms with E-state index in [0.29, 0.717) is 19.0 Å². The van der Waals surface area contributed by atoms with Gasteiger partial charge in [-0.1, -0.05) is 26.0 Å². The zero-order valence-electron chi connectivity index (χ0n) is 19.5. The van der Waals surface area contributed by atoms with E-state index in [-0.39, 0.29) is 6.03 Å². The molecule has 0 unspecified atom stereocenters. The fraction of sp³-hybridized carbons (Fsp3) is 0.458. The van der Waals surface area contributed by atoms with Crippen LogP contribution in [0.25, 0.3) is 0 Å². The van der Waals surface area contributed by atoms with Crippen LogP contribution >= 0.6 is 0 Å². The van der Waals surface area contributed by atoms with Crippen LogP contribution in [-0.2, 0) is 32.5 Å². The minimum atomic E-state index is -0.0881. The summed E-state index contributed by atoms with van der Waals surface area (Å²) < 4.78 is 2.16. The first-order chi connectivity index (χ1) is 16.0. The number of nitrogens with zero attached hydrogens (tertiary/aromatic N) is 7. The molecule has 9 heteroatoms. The highest BCUT2D eigenvalue weighted by Crippen LogP contribution is 2.29. The van der Waals surface area contributed by atoms with Gasteiger partial charge in [0.15, 0.2) is 11.6 Å². The van der Waals surface area contributed by atoms with Gasteiger partial charge in [-0.15, -0.1) is 15.3 Å². The van der Waals surface area contributed by atoms with Gasteiger partial charge >= 0.3 is 6.03 Å². The number of rotatable bonds is 4. The van der Waals surface area contributed by atoms with Gasteiger partial charge in [0, 0.05) is 38.3 Å². The van der Waals surface area contributed by atoms with Crippen molar-refractivity contribution in [1.29, 1.82) is 0 Å². The van der Waals surface area contributed by atoms with Gasteiger partial charge in [0.1, 0.15) is 5.82 Å². The van der Waals surface area contributed by atoms with E-state index < -0.39 is 0 Å². The normalized spacial score (nSPS) is 15.4. The van der Waals surface area contributed by atoms with Crippen LogP contribution in [0.4, 0.5) is 16.3 Å². The van der Waals surface area contributed by atoms with E-state index in [1.807, 2.05) is 36.1 Å². The third-order valence-corrected chi connectivity index (χ3v) is 6.32. The highest BCUT2D eigenvalue weighted by molar-refractivity contribution is 5.90. The zero-order chi connectivity index (χ0) is 22.9. The Hall–Kier alpha value is -3.49. The molecule has 172 valence electrons. The number of urea groups is 1. The van der Waals surface area contributed by atoms with Crippen molar-refractivity contribution in [3.8, 4) is 0 Å². The molecule has 0 spiro atoms. The molecule has 0 aliphatic carbocycles. The fourth-order valence-corrected chi connectivity index (χ4v) is 4.58. The van der Waals surface area contributed by atoms with Crippen LogP contribution in [0.3, 0.4) is 0 Å². The molecule has 5 rings (SSSR count). The number of anilines is 2. The van der Waals surface area contributed by atoms with Gasteiger partial charge in [-0.25, -0.2) is 4.79 Å². The summed E-state index contributed by atoms with van der Waals surface area (Å²) in [6.07, 6.45) is 1.74. The van der Waals surface area contributed by atoms with Gasteiger partial charge in [0.25, 0.3) is 0 Å². The number of aromatic nitrogens is 5. The van der Waals surface area contributed by atoms with Gasteiger partial charge in [0.2, 0.25) is 0 Å². The van der Waals surface area contributed by atoms with E-state index in [2.05, 4.69) is 55.1 Å². The van der Waals surface area contributed by atoms with E-state index in [1.165, 1.54) is 11.1 Å². The molecular weight excluding hydrogens is 416 g/mol. The molecule has 2 aliphatic heterocycles. The summed E-state index contributed by atoms with van der Waals surface area (Å²) in [6, 6.07) is 10.0. The predicted octanol–water partition coefficient (Wildman–Crippen LogP) is 3.19. The van der Waals surface area contributed by atoms with Crippen molar-refractivity contribution < 1.29 is 4.79 Å². The second-order valence-electron chi connectivity index (χ2n) is 9.28. The Labute approximate surface area is 193 Å². The van der Waals surface area contributed by atoms with Crippen LogP contribution in [0.5, 0.6) is 0 Å². The van der Waals surface area contributed by atoms with Gasteiger partial charge in [-0.3, -0.25) is 0 Å². The second kappa shape index (κ2) is 8.80. The molecule has 0 bridgehead atoms. The molecule has 3 aromatic rings. The topological polar surface area (TPSA) is 92.1 Å². The highest BCUT2D eigenvalue weighted by Gasteiger charge is 2.26. The standard InChI is InChI=1S/C24H30N8O/c1-16(2)13-22-28-29-23-15-31(11-12-32(22)23)24(33)25-20-6-4-5-18-14-30(10-9-19(18)20)21-8-7-17(3)26-27-21/h4-8,16H,9-15H2,1-3H3,(H,25,33). The SMILES string of the molecule is Cc1ccc(N2CCc3c(cccc3NC(=O)N3CCn4c(CC(C)C)nnc4C3)C2)nn1. The van der Waals surface area contributed by atoms with Crippen molar-refractivity contribution in [2.45, 2.75) is 53.2 Å². The van der Waals surface area contributed by atoms with E-state index in [4.69, 9.17) is 0 Å². The predicted molar refractivity (Wildman–Crippen MR) is 126 cm³/mol. The highest BCUT2D eigenvalue weighted by atomic mass is 16.2. The van der Waals surface area contributed by atoms with Gasteiger partial charge in [-0.2, -0.15) is 5.10 Å². The third-order valence-electron chi connectivity index (χ3n) is 6.32. The molecule has 4 heterocycles. The summed E-state index contributed by atoms with van der Waals surface area (Å²) in [5, 5.41) is 20.4. The minimum Gasteiger partial charge on any atom is -0.350 e. The van der Waals surface area contributed by atoms with Crippen LogP contribution in [0.15, 0.2) is 30.3 Å². The largest absolute Gasteiger partial charge is 0.350 e. The number of fused-ring (bicyclic) bond motifs is 2. The Balaban J connectivity index is 1.27. The lowest BCUT2D eigenvalue weighted by atomic mass is 9.97. The number of nitrogens with one attached hydrogen (secondary N) is 1. The minimum absolute atomic E-state index is 0.0881. The quantitative estimate of drug-likeness (QED) is 0.662. The Morgan fingerprint density at radius 3 is 2.70 bits per heavy atom. The summed E-state index contributed by atoms with van der Waals surface area (Å²) >= 11 is 0. The number of hydrogen-bond donors (Lipinski definition) is 1. The molecule has 0 fully saturated rings. The van der Waals surface area contributed by atoms with Crippen LogP contribution < -0.4 is 10.2 Å². The van der Waals surface area contributed by atoms with Gasteiger partial charge in [-0.05, 0) is 48.6 Å². The first-order valence-corrected chi connectivity index (χ1v) is 11.6. The Morgan fingerprint density at radius 2 is 1.91 bits per heavy atom. The molecule has 1 aromatic carbocycles. The van der Waals surface area contributed by atoms with Crippen LogP contribution in [0, 0.1) is 12.8 Å². The summed E-state index contributed by atoms with van der Waals surface area (Å²) in [6.45, 7) is 9.75. The molecule has 33 heavy (non-hydrogen) atoms. The van der Waals surface area contributed by atoms with E-state index in [9.17, 15) is 4.79 Å². The lowest BCUT2D eigenvalue weighted by molar-refractivity contribution is 0.195. The van der Waals surface area contributed by atoms with Crippen molar-refractivity contribution in [2.75, 3.05) is 23.3 Å². The number of aryl methyl sites for hydroxylation is 1. The van der Waals surface area contributed by atoms with Crippen molar-refractivity contribution in [3.63, 3.8) is 0 Å². The molecular formula is C24H30N8O. The van der Waals surface area contributed by atoms with E-state index in [0.717, 1.165) is 61.3 Å². The molecule has 0 saturated heterocycles.